The number of benzene rings is 1. The first kappa shape index (κ1) is 18.4. The molecule has 118 valence electrons. The maximum atomic E-state index is 5.85. The first-order valence-electron chi connectivity index (χ1n) is 7.19. The minimum absolute atomic E-state index is 0. The summed E-state index contributed by atoms with van der Waals surface area (Å²) in [6.07, 6.45) is 1.80. The molecule has 0 aliphatic rings. The van der Waals surface area contributed by atoms with Crippen LogP contribution in [0.2, 0.25) is 0 Å². The molecule has 2 rings (SSSR count). The first-order valence-corrected chi connectivity index (χ1v) is 7.19. The normalized spacial score (nSPS) is 11.1. The van der Waals surface area contributed by atoms with Crippen LogP contribution < -0.4 is 11.1 Å². The number of rotatable bonds is 5. The van der Waals surface area contributed by atoms with Gasteiger partial charge in [0.05, 0.1) is 12.2 Å². The molecule has 0 atom stereocenters. The predicted octanol–water partition coefficient (Wildman–Crippen LogP) is 3.43. The highest BCUT2D eigenvalue weighted by Gasteiger charge is 2.00. The second-order valence-corrected chi connectivity index (χ2v) is 5.39. The lowest BCUT2D eigenvalue weighted by molar-refractivity contribution is 0.622. The van der Waals surface area contributed by atoms with Crippen molar-refractivity contribution in [3.05, 3.63) is 54.2 Å². The largest absolute Gasteiger partial charge is 0.370 e. The maximum absolute atomic E-state index is 5.85. The fraction of sp³-hybridized carbons (Fsp3) is 0.294. The van der Waals surface area contributed by atoms with Crippen molar-refractivity contribution in [2.24, 2.45) is 16.6 Å². The zero-order chi connectivity index (χ0) is 15.1. The van der Waals surface area contributed by atoms with Crippen LogP contribution in [0.3, 0.4) is 0 Å². The number of guanidine groups is 1. The highest BCUT2D eigenvalue weighted by Crippen LogP contribution is 2.18. The maximum Gasteiger partial charge on any atom is 0.188 e. The quantitative estimate of drug-likeness (QED) is 0.451. The highest BCUT2D eigenvalue weighted by molar-refractivity contribution is 14.0. The van der Waals surface area contributed by atoms with Gasteiger partial charge in [-0.05, 0) is 29.7 Å². The smallest absolute Gasteiger partial charge is 0.188 e. The summed E-state index contributed by atoms with van der Waals surface area (Å²) in [7, 11) is 0. The van der Waals surface area contributed by atoms with Crippen LogP contribution in [-0.2, 0) is 6.54 Å². The Kier molecular flexibility index (Phi) is 7.87. The Morgan fingerprint density at radius 3 is 2.73 bits per heavy atom. The van der Waals surface area contributed by atoms with Crippen LogP contribution in [-0.4, -0.2) is 17.5 Å². The van der Waals surface area contributed by atoms with E-state index in [4.69, 9.17) is 5.73 Å². The summed E-state index contributed by atoms with van der Waals surface area (Å²) in [5.74, 6) is 1.04. The number of hydrogen-bond acceptors (Lipinski definition) is 2. The zero-order valence-corrected chi connectivity index (χ0v) is 15.3. The second kappa shape index (κ2) is 9.40. The molecule has 1 aromatic heterocycles. The lowest BCUT2D eigenvalue weighted by atomic mass is 10.1. The van der Waals surface area contributed by atoms with Gasteiger partial charge in [0.2, 0.25) is 0 Å². The van der Waals surface area contributed by atoms with Crippen LogP contribution in [0, 0.1) is 5.92 Å². The van der Waals surface area contributed by atoms with Crippen LogP contribution in [0.5, 0.6) is 0 Å². The molecular weight excluding hydrogens is 387 g/mol. The van der Waals surface area contributed by atoms with Crippen molar-refractivity contribution in [1.29, 1.82) is 0 Å². The zero-order valence-electron chi connectivity index (χ0n) is 13.0. The van der Waals surface area contributed by atoms with E-state index in [2.05, 4.69) is 41.3 Å². The van der Waals surface area contributed by atoms with Crippen molar-refractivity contribution in [3.8, 4) is 11.3 Å². The molecule has 2 aromatic rings. The summed E-state index contributed by atoms with van der Waals surface area (Å²) < 4.78 is 0. The molecule has 0 spiro atoms. The van der Waals surface area contributed by atoms with Crippen LogP contribution >= 0.6 is 24.0 Å². The molecule has 0 aliphatic heterocycles. The summed E-state index contributed by atoms with van der Waals surface area (Å²) in [5, 5.41) is 3.11. The lowest BCUT2D eigenvalue weighted by Crippen LogP contribution is -2.34. The van der Waals surface area contributed by atoms with Crippen molar-refractivity contribution in [1.82, 2.24) is 10.3 Å². The van der Waals surface area contributed by atoms with Gasteiger partial charge in [-0.1, -0.05) is 38.1 Å². The van der Waals surface area contributed by atoms with Gasteiger partial charge in [-0.3, -0.25) is 4.98 Å². The van der Waals surface area contributed by atoms with Crippen molar-refractivity contribution in [2.75, 3.05) is 6.54 Å². The third-order valence-electron chi connectivity index (χ3n) is 3.01. The molecular formula is C17H23IN4. The third-order valence-corrected chi connectivity index (χ3v) is 3.01. The number of nitrogens with one attached hydrogen (secondary N) is 1. The Morgan fingerprint density at radius 2 is 2.05 bits per heavy atom. The molecule has 0 unspecified atom stereocenters. The van der Waals surface area contributed by atoms with E-state index in [9.17, 15) is 0 Å². The number of nitrogens with two attached hydrogens (primary N) is 1. The predicted molar refractivity (Wildman–Crippen MR) is 103 cm³/mol. The van der Waals surface area contributed by atoms with E-state index in [0.717, 1.165) is 23.4 Å². The molecule has 3 N–H and O–H groups in total. The van der Waals surface area contributed by atoms with E-state index in [1.54, 1.807) is 6.20 Å². The van der Waals surface area contributed by atoms with Crippen molar-refractivity contribution in [3.63, 3.8) is 0 Å². The van der Waals surface area contributed by atoms with E-state index >= 15 is 0 Å². The summed E-state index contributed by atoms with van der Waals surface area (Å²) >= 11 is 0. The fourth-order valence-corrected chi connectivity index (χ4v) is 1.90. The SMILES string of the molecule is CC(C)CNC(N)=NCc1cccc(-c2ccccn2)c1.I. The number of pyridine rings is 1. The van der Waals surface area contributed by atoms with Gasteiger partial charge in [0.25, 0.3) is 0 Å². The standard InChI is InChI=1S/C17H22N4.HI/c1-13(2)11-20-17(18)21-12-14-6-5-7-15(10-14)16-8-3-4-9-19-16;/h3-10,13H,11-12H2,1-2H3,(H3,18,20,21);1H. The molecule has 4 nitrogen and oxygen atoms in total. The fourth-order valence-electron chi connectivity index (χ4n) is 1.90. The lowest BCUT2D eigenvalue weighted by Gasteiger charge is -2.08. The van der Waals surface area contributed by atoms with Gasteiger partial charge in [0.15, 0.2) is 5.96 Å². The van der Waals surface area contributed by atoms with Gasteiger partial charge < -0.3 is 11.1 Å². The van der Waals surface area contributed by atoms with E-state index in [1.165, 1.54) is 0 Å². The Labute approximate surface area is 149 Å². The molecule has 5 heteroatoms. The molecule has 0 saturated heterocycles. The molecule has 22 heavy (non-hydrogen) atoms. The first-order chi connectivity index (χ1) is 10.1. The monoisotopic (exact) mass is 410 g/mol. The Bertz CT molecular complexity index is 597. The highest BCUT2D eigenvalue weighted by atomic mass is 127. The molecule has 1 heterocycles. The number of halogens is 1. The van der Waals surface area contributed by atoms with Gasteiger partial charge in [0, 0.05) is 18.3 Å². The summed E-state index contributed by atoms with van der Waals surface area (Å²) in [5.41, 5.74) is 9.02. The van der Waals surface area contributed by atoms with Crippen LogP contribution in [0.4, 0.5) is 0 Å². The average Bonchev–Trinajstić information content (AvgIpc) is 2.52. The van der Waals surface area contributed by atoms with Crippen molar-refractivity contribution in [2.45, 2.75) is 20.4 Å². The van der Waals surface area contributed by atoms with Gasteiger partial charge in [0.1, 0.15) is 0 Å². The molecule has 0 amide bonds. The van der Waals surface area contributed by atoms with Crippen molar-refractivity contribution < 1.29 is 0 Å². The third kappa shape index (κ3) is 6.01. The minimum atomic E-state index is 0. The molecule has 0 fully saturated rings. The summed E-state index contributed by atoms with van der Waals surface area (Å²) in [6.45, 7) is 5.67. The van der Waals surface area contributed by atoms with E-state index in [1.807, 2.05) is 30.3 Å². The van der Waals surface area contributed by atoms with Gasteiger partial charge in [-0.15, -0.1) is 24.0 Å². The van der Waals surface area contributed by atoms with Crippen LogP contribution in [0.1, 0.15) is 19.4 Å². The number of nitrogens with zero attached hydrogens (tertiary/aromatic N) is 2. The molecule has 0 saturated carbocycles. The Morgan fingerprint density at radius 1 is 1.23 bits per heavy atom. The van der Waals surface area contributed by atoms with Gasteiger partial charge in [-0.25, -0.2) is 4.99 Å². The Hall–Kier alpha value is -1.63. The van der Waals surface area contributed by atoms with E-state index < -0.39 is 0 Å². The molecule has 0 radical (unpaired) electrons. The van der Waals surface area contributed by atoms with Crippen LogP contribution in [0.15, 0.2) is 53.7 Å². The van der Waals surface area contributed by atoms with E-state index in [-0.39, 0.29) is 24.0 Å². The second-order valence-electron chi connectivity index (χ2n) is 5.39. The molecule has 0 aliphatic carbocycles. The molecule has 0 bridgehead atoms. The Balaban J connectivity index is 0.00000242. The summed E-state index contributed by atoms with van der Waals surface area (Å²) in [6, 6.07) is 14.1. The minimum Gasteiger partial charge on any atom is -0.370 e. The number of hydrogen-bond donors (Lipinski definition) is 2. The van der Waals surface area contributed by atoms with Gasteiger partial charge >= 0.3 is 0 Å². The van der Waals surface area contributed by atoms with Crippen molar-refractivity contribution >= 4 is 29.9 Å². The van der Waals surface area contributed by atoms with E-state index in [0.29, 0.717) is 18.4 Å². The summed E-state index contributed by atoms with van der Waals surface area (Å²) in [4.78, 5) is 8.73. The topological polar surface area (TPSA) is 63.3 Å². The van der Waals surface area contributed by atoms with Crippen LogP contribution in [0.25, 0.3) is 11.3 Å². The number of aliphatic imine (C=N–C) groups is 1. The number of aromatic nitrogens is 1. The average molecular weight is 410 g/mol. The molecule has 1 aromatic carbocycles. The van der Waals surface area contributed by atoms with Gasteiger partial charge in [-0.2, -0.15) is 0 Å².